The van der Waals surface area contributed by atoms with Gasteiger partial charge in [0.1, 0.15) is 0 Å². The zero-order valence-corrected chi connectivity index (χ0v) is 12.2. The quantitative estimate of drug-likeness (QED) is 0.550. The number of aliphatic carboxylic acids is 2. The van der Waals surface area contributed by atoms with Crippen LogP contribution in [0.2, 0.25) is 0 Å². The first kappa shape index (κ1) is 19.4. The highest BCUT2D eigenvalue weighted by Gasteiger charge is 2.36. The van der Waals surface area contributed by atoms with Gasteiger partial charge in [0, 0.05) is 11.3 Å². The van der Waals surface area contributed by atoms with Crippen LogP contribution in [-0.4, -0.2) is 33.1 Å². The Morgan fingerprint density at radius 1 is 1.12 bits per heavy atom. The number of carbonyl (C=O) groups is 2. The van der Waals surface area contributed by atoms with E-state index in [9.17, 15) is 32.9 Å². The molecule has 10 heteroatoms. The highest BCUT2D eigenvalue weighted by molar-refractivity contribution is 5.68. The molecule has 0 saturated heterocycles. The predicted octanol–water partition coefficient (Wildman–Crippen LogP) is 2.77. The number of nitrogens with zero attached hydrogens (tertiary/aromatic N) is 1. The van der Waals surface area contributed by atoms with E-state index in [1.54, 1.807) is 0 Å². The van der Waals surface area contributed by atoms with Crippen LogP contribution in [0.15, 0.2) is 24.3 Å². The van der Waals surface area contributed by atoms with Gasteiger partial charge in [-0.1, -0.05) is 12.1 Å². The minimum absolute atomic E-state index is 0.0393. The van der Waals surface area contributed by atoms with E-state index in [0.29, 0.717) is 12.1 Å². The minimum Gasteiger partial charge on any atom is -0.481 e. The van der Waals surface area contributed by atoms with Gasteiger partial charge in [-0.2, -0.15) is 13.2 Å². The molecular formula is C14H14F3NO6. The fraction of sp³-hybridized carbons (Fsp3) is 0.429. The number of carboxylic acids is 2. The third-order valence-electron chi connectivity index (χ3n) is 3.45. The molecule has 1 aromatic carbocycles. The molecule has 24 heavy (non-hydrogen) atoms. The van der Waals surface area contributed by atoms with Gasteiger partial charge in [-0.25, -0.2) is 0 Å². The van der Waals surface area contributed by atoms with Crippen molar-refractivity contribution in [2.45, 2.75) is 37.4 Å². The Morgan fingerprint density at radius 3 is 2.04 bits per heavy atom. The Morgan fingerprint density at radius 2 is 1.67 bits per heavy atom. The lowest BCUT2D eigenvalue weighted by Crippen LogP contribution is -2.30. The molecule has 1 rings (SSSR count). The van der Waals surface area contributed by atoms with E-state index in [-0.39, 0.29) is 5.56 Å². The molecular weight excluding hydrogens is 335 g/mol. The molecule has 2 unspecified atom stereocenters. The molecule has 0 radical (unpaired) electrons. The van der Waals surface area contributed by atoms with Crippen molar-refractivity contribution in [2.75, 3.05) is 0 Å². The van der Waals surface area contributed by atoms with Gasteiger partial charge in [0.2, 0.25) is 6.04 Å². The number of rotatable bonds is 8. The topological polar surface area (TPSA) is 118 Å². The predicted molar refractivity (Wildman–Crippen MR) is 74.1 cm³/mol. The van der Waals surface area contributed by atoms with Crippen molar-refractivity contribution in [2.24, 2.45) is 0 Å². The van der Waals surface area contributed by atoms with Gasteiger partial charge in [0.15, 0.2) is 0 Å². The number of benzene rings is 1. The molecule has 132 valence electrons. The maximum Gasteiger partial charge on any atom is 0.416 e. The zero-order chi connectivity index (χ0) is 18.5. The van der Waals surface area contributed by atoms with Crippen molar-refractivity contribution in [1.29, 1.82) is 0 Å². The molecule has 0 bridgehead atoms. The smallest absolute Gasteiger partial charge is 0.416 e. The summed E-state index contributed by atoms with van der Waals surface area (Å²) in [5, 5.41) is 28.7. The summed E-state index contributed by atoms with van der Waals surface area (Å²) in [7, 11) is 0. The van der Waals surface area contributed by atoms with Gasteiger partial charge in [-0.05, 0) is 17.7 Å². The summed E-state index contributed by atoms with van der Waals surface area (Å²) in [5.41, 5.74) is -0.930. The molecule has 0 aliphatic carbocycles. The van der Waals surface area contributed by atoms with Crippen molar-refractivity contribution in [3.05, 3.63) is 45.5 Å². The highest BCUT2D eigenvalue weighted by atomic mass is 19.4. The second kappa shape index (κ2) is 7.75. The van der Waals surface area contributed by atoms with Gasteiger partial charge in [-0.3, -0.25) is 19.7 Å². The summed E-state index contributed by atoms with van der Waals surface area (Å²) in [6, 6.07) is 1.84. The molecule has 0 fully saturated rings. The first-order chi connectivity index (χ1) is 11.0. The fourth-order valence-corrected chi connectivity index (χ4v) is 2.31. The van der Waals surface area contributed by atoms with E-state index in [1.807, 2.05) is 0 Å². The van der Waals surface area contributed by atoms with Crippen LogP contribution in [0.1, 0.15) is 36.3 Å². The van der Waals surface area contributed by atoms with Crippen molar-refractivity contribution in [1.82, 2.24) is 0 Å². The fourth-order valence-electron chi connectivity index (χ4n) is 2.31. The lowest BCUT2D eigenvalue weighted by atomic mass is 9.86. The minimum atomic E-state index is -4.59. The average molecular weight is 349 g/mol. The Balaban J connectivity index is 3.16. The molecule has 0 aliphatic heterocycles. The largest absolute Gasteiger partial charge is 0.481 e. The molecule has 2 N–H and O–H groups in total. The number of hydrogen-bond donors (Lipinski definition) is 2. The number of alkyl halides is 3. The van der Waals surface area contributed by atoms with E-state index in [1.165, 1.54) is 0 Å². The maximum atomic E-state index is 12.6. The maximum absolute atomic E-state index is 12.6. The molecule has 7 nitrogen and oxygen atoms in total. The van der Waals surface area contributed by atoms with E-state index in [4.69, 9.17) is 10.2 Å². The van der Waals surface area contributed by atoms with Gasteiger partial charge in [0.25, 0.3) is 0 Å². The Kier molecular flexibility index (Phi) is 6.27. The lowest BCUT2D eigenvalue weighted by Gasteiger charge is -2.20. The van der Waals surface area contributed by atoms with Crippen LogP contribution >= 0.6 is 0 Å². The van der Waals surface area contributed by atoms with Gasteiger partial charge in [-0.15, -0.1) is 0 Å². The van der Waals surface area contributed by atoms with Crippen LogP contribution in [0.25, 0.3) is 0 Å². The summed E-state index contributed by atoms with van der Waals surface area (Å²) in [5.74, 6) is -3.90. The van der Waals surface area contributed by atoms with E-state index in [0.717, 1.165) is 12.1 Å². The standard InChI is InChI=1S/C14H14F3NO6/c15-14(16,17)9-3-1-8(2-4-9)10(7-13(21)22)11(18(23)24)5-6-12(19)20/h1-4,10-11H,5-7H2,(H,19,20)(H,21,22). The van der Waals surface area contributed by atoms with E-state index < -0.39 is 59.8 Å². The molecule has 0 saturated carbocycles. The molecule has 0 spiro atoms. The summed E-state index contributed by atoms with van der Waals surface area (Å²) < 4.78 is 37.7. The SMILES string of the molecule is O=C(O)CCC(C(CC(=O)O)c1ccc(C(F)(F)F)cc1)[N+](=O)[O-]. The molecule has 0 heterocycles. The van der Waals surface area contributed by atoms with Crippen LogP contribution in [0.5, 0.6) is 0 Å². The van der Waals surface area contributed by atoms with Crippen LogP contribution in [0.3, 0.4) is 0 Å². The van der Waals surface area contributed by atoms with Crippen LogP contribution in [0, 0.1) is 10.1 Å². The van der Waals surface area contributed by atoms with Gasteiger partial charge < -0.3 is 10.2 Å². The van der Waals surface area contributed by atoms with E-state index >= 15 is 0 Å². The van der Waals surface area contributed by atoms with Gasteiger partial charge in [0.05, 0.1) is 24.3 Å². The molecule has 0 aromatic heterocycles. The van der Waals surface area contributed by atoms with Crippen molar-refractivity contribution >= 4 is 11.9 Å². The summed E-state index contributed by atoms with van der Waals surface area (Å²) >= 11 is 0. The summed E-state index contributed by atoms with van der Waals surface area (Å²) in [4.78, 5) is 31.9. The second-order valence-electron chi connectivity index (χ2n) is 5.11. The van der Waals surface area contributed by atoms with Crippen molar-refractivity contribution in [3.8, 4) is 0 Å². The Hall–Kier alpha value is -2.65. The number of hydrogen-bond acceptors (Lipinski definition) is 4. The average Bonchev–Trinajstić information content (AvgIpc) is 2.44. The van der Waals surface area contributed by atoms with E-state index in [2.05, 4.69) is 0 Å². The molecule has 2 atom stereocenters. The van der Waals surface area contributed by atoms with Crippen LogP contribution in [0.4, 0.5) is 13.2 Å². The normalized spacial score (nSPS) is 14.0. The molecule has 1 aromatic rings. The second-order valence-corrected chi connectivity index (χ2v) is 5.11. The monoisotopic (exact) mass is 349 g/mol. The zero-order valence-electron chi connectivity index (χ0n) is 12.2. The van der Waals surface area contributed by atoms with Crippen molar-refractivity contribution < 1.29 is 37.9 Å². The van der Waals surface area contributed by atoms with Crippen LogP contribution < -0.4 is 0 Å². The third kappa shape index (κ3) is 5.52. The Bertz CT molecular complexity index is 614. The summed E-state index contributed by atoms with van der Waals surface area (Å²) in [6.45, 7) is 0. The number of nitro groups is 1. The Labute approximate surface area is 133 Å². The third-order valence-corrected chi connectivity index (χ3v) is 3.45. The van der Waals surface area contributed by atoms with Gasteiger partial charge >= 0.3 is 18.1 Å². The first-order valence-corrected chi connectivity index (χ1v) is 6.76. The highest BCUT2D eigenvalue weighted by Crippen LogP contribution is 2.33. The van der Waals surface area contributed by atoms with Crippen molar-refractivity contribution in [3.63, 3.8) is 0 Å². The first-order valence-electron chi connectivity index (χ1n) is 6.76. The number of halogens is 3. The molecule has 0 amide bonds. The molecule has 0 aliphatic rings. The lowest BCUT2D eigenvalue weighted by molar-refractivity contribution is -0.527. The number of carboxylic acid groups (broad SMARTS) is 2. The summed E-state index contributed by atoms with van der Waals surface area (Å²) in [6.07, 6.45) is -6.27. The van der Waals surface area contributed by atoms with Crippen LogP contribution in [-0.2, 0) is 15.8 Å².